The number of para-hydroxylation sites is 1. The highest BCUT2D eigenvalue weighted by Crippen LogP contribution is 2.38. The Morgan fingerprint density at radius 2 is 2.07 bits per heavy atom. The zero-order chi connectivity index (χ0) is 19.0. The maximum absolute atomic E-state index is 13.6. The minimum Gasteiger partial charge on any atom is -0.381 e. The van der Waals surface area contributed by atoms with Crippen molar-refractivity contribution in [1.29, 1.82) is 0 Å². The van der Waals surface area contributed by atoms with Crippen LogP contribution in [0.1, 0.15) is 29.6 Å². The van der Waals surface area contributed by atoms with Crippen molar-refractivity contribution in [3.63, 3.8) is 0 Å². The van der Waals surface area contributed by atoms with Crippen molar-refractivity contribution in [2.24, 2.45) is 5.41 Å². The van der Waals surface area contributed by atoms with Crippen LogP contribution >= 0.6 is 0 Å². The average Bonchev–Trinajstić information content (AvgIpc) is 3.20. The minimum atomic E-state index is 0.0923. The van der Waals surface area contributed by atoms with Crippen molar-refractivity contribution in [1.82, 2.24) is 14.9 Å². The molecule has 5 heteroatoms. The molecule has 142 valence electrons. The van der Waals surface area contributed by atoms with E-state index in [9.17, 15) is 4.79 Å². The Morgan fingerprint density at radius 3 is 2.89 bits per heavy atom. The van der Waals surface area contributed by atoms with E-state index in [0.717, 1.165) is 73.3 Å². The SMILES string of the molecule is O=C(c1cc(-c2cccnc2)nc2ccccc12)N1CCC[C@]2(CCOC2)C1. The number of aromatic nitrogens is 2. The summed E-state index contributed by atoms with van der Waals surface area (Å²) in [5.41, 5.74) is 3.40. The molecule has 0 N–H and O–H groups in total. The molecule has 28 heavy (non-hydrogen) atoms. The van der Waals surface area contributed by atoms with Crippen LogP contribution in [0.25, 0.3) is 22.2 Å². The molecular formula is C23H23N3O2. The summed E-state index contributed by atoms with van der Waals surface area (Å²) in [5.74, 6) is 0.0923. The number of ether oxygens (including phenoxy) is 1. The van der Waals surface area contributed by atoms with Gasteiger partial charge in [0.1, 0.15) is 0 Å². The van der Waals surface area contributed by atoms with E-state index in [1.54, 1.807) is 12.4 Å². The molecule has 1 aromatic carbocycles. The van der Waals surface area contributed by atoms with Gasteiger partial charge in [-0.1, -0.05) is 18.2 Å². The summed E-state index contributed by atoms with van der Waals surface area (Å²) in [6, 6.07) is 13.7. The standard InChI is InChI=1S/C23H23N3O2/c27-22(26-11-4-8-23(15-26)9-12-28-16-23)19-13-21(17-5-3-10-24-14-17)25-20-7-2-1-6-18(19)20/h1-3,5-7,10,13-14H,4,8-9,11-12,15-16H2/t23-/m0/s1. The molecule has 0 aliphatic carbocycles. The lowest BCUT2D eigenvalue weighted by atomic mass is 9.79. The average molecular weight is 373 g/mol. The molecule has 5 nitrogen and oxygen atoms in total. The lowest BCUT2D eigenvalue weighted by Gasteiger charge is -2.39. The predicted molar refractivity (Wildman–Crippen MR) is 108 cm³/mol. The van der Waals surface area contributed by atoms with Gasteiger partial charge in [-0.3, -0.25) is 9.78 Å². The molecule has 1 spiro atoms. The number of fused-ring (bicyclic) bond motifs is 1. The number of hydrogen-bond donors (Lipinski definition) is 0. The summed E-state index contributed by atoms with van der Waals surface area (Å²) in [4.78, 5) is 24.6. The summed E-state index contributed by atoms with van der Waals surface area (Å²) in [6.07, 6.45) is 6.77. The molecule has 5 rings (SSSR count). The van der Waals surface area contributed by atoms with E-state index in [0.29, 0.717) is 0 Å². The lowest BCUT2D eigenvalue weighted by molar-refractivity contribution is 0.0464. The van der Waals surface area contributed by atoms with Crippen molar-refractivity contribution >= 4 is 16.8 Å². The molecule has 0 radical (unpaired) electrons. The van der Waals surface area contributed by atoms with Gasteiger partial charge >= 0.3 is 0 Å². The molecule has 0 unspecified atom stereocenters. The van der Waals surface area contributed by atoms with Gasteiger partial charge in [0.15, 0.2) is 0 Å². The monoisotopic (exact) mass is 373 g/mol. The summed E-state index contributed by atoms with van der Waals surface area (Å²) < 4.78 is 5.66. The van der Waals surface area contributed by atoms with Gasteiger partial charge in [-0.05, 0) is 43.5 Å². The zero-order valence-corrected chi connectivity index (χ0v) is 15.8. The highest BCUT2D eigenvalue weighted by molar-refractivity contribution is 6.07. The van der Waals surface area contributed by atoms with Crippen LogP contribution in [0.4, 0.5) is 0 Å². The van der Waals surface area contributed by atoms with E-state index in [2.05, 4.69) is 4.98 Å². The number of carbonyl (C=O) groups is 1. The predicted octanol–water partition coefficient (Wildman–Crippen LogP) is 3.94. The van der Waals surface area contributed by atoms with Gasteiger partial charge in [0, 0.05) is 48.5 Å². The minimum absolute atomic E-state index is 0.0923. The summed E-state index contributed by atoms with van der Waals surface area (Å²) in [6.45, 7) is 3.17. The van der Waals surface area contributed by atoms with Gasteiger partial charge in [0.2, 0.25) is 0 Å². The zero-order valence-electron chi connectivity index (χ0n) is 15.8. The highest BCUT2D eigenvalue weighted by Gasteiger charge is 2.40. The van der Waals surface area contributed by atoms with Gasteiger partial charge in [-0.2, -0.15) is 0 Å². The van der Waals surface area contributed by atoms with Crippen molar-refractivity contribution < 1.29 is 9.53 Å². The van der Waals surface area contributed by atoms with Crippen LogP contribution in [0, 0.1) is 5.41 Å². The number of pyridine rings is 2. The third-order valence-electron chi connectivity index (χ3n) is 6.04. The fourth-order valence-corrected chi connectivity index (χ4v) is 4.54. The second-order valence-electron chi connectivity index (χ2n) is 7.95. The third-order valence-corrected chi connectivity index (χ3v) is 6.04. The Bertz CT molecular complexity index is 1010. The first-order valence-corrected chi connectivity index (χ1v) is 9.91. The molecule has 2 aliphatic rings. The molecular weight excluding hydrogens is 350 g/mol. The molecule has 2 saturated heterocycles. The topological polar surface area (TPSA) is 55.3 Å². The van der Waals surface area contributed by atoms with Gasteiger partial charge in [0.25, 0.3) is 5.91 Å². The van der Waals surface area contributed by atoms with E-state index in [-0.39, 0.29) is 11.3 Å². The van der Waals surface area contributed by atoms with E-state index in [1.165, 1.54) is 0 Å². The maximum Gasteiger partial charge on any atom is 0.254 e. The molecule has 1 amide bonds. The van der Waals surface area contributed by atoms with Crippen molar-refractivity contribution in [2.75, 3.05) is 26.3 Å². The largest absolute Gasteiger partial charge is 0.381 e. The molecule has 1 atom stereocenters. The Hall–Kier alpha value is -2.79. The van der Waals surface area contributed by atoms with Crippen molar-refractivity contribution in [2.45, 2.75) is 19.3 Å². The summed E-state index contributed by atoms with van der Waals surface area (Å²) in [7, 11) is 0. The first-order chi connectivity index (χ1) is 13.7. The van der Waals surface area contributed by atoms with Gasteiger partial charge < -0.3 is 9.64 Å². The Balaban J connectivity index is 1.56. The lowest BCUT2D eigenvalue weighted by Crippen LogP contribution is -2.46. The number of piperidine rings is 1. The Morgan fingerprint density at radius 1 is 1.14 bits per heavy atom. The summed E-state index contributed by atoms with van der Waals surface area (Å²) >= 11 is 0. The van der Waals surface area contributed by atoms with Crippen LogP contribution in [0.2, 0.25) is 0 Å². The van der Waals surface area contributed by atoms with E-state index >= 15 is 0 Å². The second-order valence-corrected chi connectivity index (χ2v) is 7.95. The molecule has 2 aromatic heterocycles. The fourth-order valence-electron chi connectivity index (χ4n) is 4.54. The first kappa shape index (κ1) is 17.3. The van der Waals surface area contributed by atoms with Gasteiger partial charge in [0.05, 0.1) is 23.4 Å². The number of carbonyl (C=O) groups excluding carboxylic acids is 1. The molecule has 0 saturated carbocycles. The molecule has 2 aliphatic heterocycles. The van der Waals surface area contributed by atoms with E-state index in [4.69, 9.17) is 9.72 Å². The Kier molecular flexibility index (Phi) is 4.32. The molecule has 3 aromatic rings. The number of benzene rings is 1. The van der Waals surface area contributed by atoms with Crippen molar-refractivity contribution in [3.05, 3.63) is 60.4 Å². The van der Waals surface area contributed by atoms with Crippen LogP contribution in [-0.4, -0.2) is 47.1 Å². The molecule has 4 heterocycles. The van der Waals surface area contributed by atoms with Crippen LogP contribution in [0.5, 0.6) is 0 Å². The molecule has 2 fully saturated rings. The van der Waals surface area contributed by atoms with E-state index < -0.39 is 0 Å². The normalized spacial score (nSPS) is 22.1. The molecule has 0 bridgehead atoms. The van der Waals surface area contributed by atoms with Gasteiger partial charge in [-0.25, -0.2) is 4.98 Å². The van der Waals surface area contributed by atoms with E-state index in [1.807, 2.05) is 47.4 Å². The quantitative estimate of drug-likeness (QED) is 0.683. The number of amides is 1. The highest BCUT2D eigenvalue weighted by atomic mass is 16.5. The third kappa shape index (κ3) is 3.06. The Labute approximate surface area is 164 Å². The van der Waals surface area contributed by atoms with Crippen LogP contribution < -0.4 is 0 Å². The second kappa shape index (κ2) is 6.99. The first-order valence-electron chi connectivity index (χ1n) is 9.91. The maximum atomic E-state index is 13.6. The number of rotatable bonds is 2. The fraction of sp³-hybridized carbons (Fsp3) is 0.348. The number of likely N-dealkylation sites (tertiary alicyclic amines) is 1. The number of hydrogen-bond acceptors (Lipinski definition) is 4. The smallest absolute Gasteiger partial charge is 0.254 e. The number of nitrogens with zero attached hydrogens (tertiary/aromatic N) is 3. The summed E-state index contributed by atoms with van der Waals surface area (Å²) in [5, 5.41) is 0.905. The van der Waals surface area contributed by atoms with Gasteiger partial charge in [-0.15, -0.1) is 0 Å². The van der Waals surface area contributed by atoms with Crippen LogP contribution in [0.15, 0.2) is 54.9 Å². The van der Waals surface area contributed by atoms with Crippen LogP contribution in [0.3, 0.4) is 0 Å². The van der Waals surface area contributed by atoms with Crippen molar-refractivity contribution in [3.8, 4) is 11.3 Å². The van der Waals surface area contributed by atoms with Crippen LogP contribution in [-0.2, 0) is 4.74 Å².